The van der Waals surface area contributed by atoms with E-state index in [1.54, 1.807) is 24.5 Å². The van der Waals surface area contributed by atoms with E-state index < -0.39 is 17.7 Å². The third-order valence-corrected chi connectivity index (χ3v) is 4.22. The van der Waals surface area contributed by atoms with E-state index in [9.17, 15) is 22.8 Å². The molecular weight excluding hydrogens is 347 g/mol. The van der Waals surface area contributed by atoms with Gasteiger partial charge in [0.05, 0.1) is 11.5 Å². The Balaban J connectivity index is 1.62. The van der Waals surface area contributed by atoms with Gasteiger partial charge in [-0.1, -0.05) is 0 Å². The molecule has 8 heteroatoms. The average Bonchev–Trinajstić information content (AvgIpc) is 3.02. The Morgan fingerprint density at radius 1 is 1.15 bits per heavy atom. The predicted octanol–water partition coefficient (Wildman–Crippen LogP) is 2.77. The van der Waals surface area contributed by atoms with Gasteiger partial charge >= 0.3 is 6.18 Å². The van der Waals surface area contributed by atoms with Gasteiger partial charge in [-0.3, -0.25) is 14.6 Å². The minimum absolute atomic E-state index is 0.0310. The van der Waals surface area contributed by atoms with Gasteiger partial charge in [0.1, 0.15) is 0 Å². The van der Waals surface area contributed by atoms with Crippen LogP contribution in [0.15, 0.2) is 48.8 Å². The van der Waals surface area contributed by atoms with E-state index in [4.69, 9.17) is 0 Å². The molecule has 2 amide bonds. The first-order chi connectivity index (χ1) is 12.3. The molecule has 1 fully saturated rings. The number of amides is 2. The zero-order chi connectivity index (χ0) is 18.7. The molecule has 1 aromatic heterocycles. The summed E-state index contributed by atoms with van der Waals surface area (Å²) in [6.45, 7) is 0.471. The lowest BCUT2D eigenvalue weighted by atomic mass is 10.1. The molecular formula is C18H16F3N3O2. The predicted molar refractivity (Wildman–Crippen MR) is 88.0 cm³/mol. The van der Waals surface area contributed by atoms with Gasteiger partial charge in [-0.2, -0.15) is 13.2 Å². The van der Waals surface area contributed by atoms with Crippen LogP contribution in [-0.4, -0.2) is 23.3 Å². The third kappa shape index (κ3) is 4.01. The number of pyridine rings is 1. The quantitative estimate of drug-likeness (QED) is 0.909. The average molecular weight is 363 g/mol. The van der Waals surface area contributed by atoms with Gasteiger partial charge in [-0.05, 0) is 42.0 Å². The van der Waals surface area contributed by atoms with E-state index in [0.717, 1.165) is 17.7 Å². The van der Waals surface area contributed by atoms with Gasteiger partial charge in [-0.25, -0.2) is 0 Å². The standard InChI is InChI=1S/C18H16F3N3O2/c19-18(20,21)14-1-3-15(4-2-14)24-11-13(9-16(24)25)17(26)23-10-12-5-7-22-8-6-12/h1-8,13H,9-11H2,(H,23,26). The molecule has 0 radical (unpaired) electrons. The Kier molecular flexibility index (Phi) is 4.92. The van der Waals surface area contributed by atoms with Gasteiger partial charge in [0.15, 0.2) is 0 Å². The second kappa shape index (κ2) is 7.15. The maximum Gasteiger partial charge on any atom is 0.416 e. The van der Waals surface area contributed by atoms with E-state index >= 15 is 0 Å². The summed E-state index contributed by atoms with van der Waals surface area (Å²) >= 11 is 0. The molecule has 1 unspecified atom stereocenters. The highest BCUT2D eigenvalue weighted by Gasteiger charge is 2.36. The third-order valence-electron chi connectivity index (χ3n) is 4.22. The highest BCUT2D eigenvalue weighted by molar-refractivity contribution is 6.00. The molecule has 1 aliphatic rings. The fraction of sp³-hybridized carbons (Fsp3) is 0.278. The molecule has 2 heterocycles. The van der Waals surface area contributed by atoms with Crippen LogP contribution >= 0.6 is 0 Å². The van der Waals surface area contributed by atoms with Crippen molar-refractivity contribution >= 4 is 17.5 Å². The van der Waals surface area contributed by atoms with Crippen molar-refractivity contribution in [2.24, 2.45) is 5.92 Å². The zero-order valence-electron chi connectivity index (χ0n) is 13.7. The molecule has 1 N–H and O–H groups in total. The van der Waals surface area contributed by atoms with E-state index in [1.807, 2.05) is 0 Å². The van der Waals surface area contributed by atoms with Crippen LogP contribution in [0.2, 0.25) is 0 Å². The summed E-state index contributed by atoms with van der Waals surface area (Å²) in [5, 5.41) is 2.77. The van der Waals surface area contributed by atoms with Crippen molar-refractivity contribution in [1.29, 1.82) is 0 Å². The van der Waals surface area contributed by atoms with Crippen molar-refractivity contribution in [3.05, 3.63) is 59.9 Å². The van der Waals surface area contributed by atoms with Crippen LogP contribution in [0.25, 0.3) is 0 Å². The smallest absolute Gasteiger partial charge is 0.352 e. The molecule has 1 saturated heterocycles. The first-order valence-corrected chi connectivity index (χ1v) is 7.99. The van der Waals surface area contributed by atoms with Crippen LogP contribution in [0.5, 0.6) is 0 Å². The number of nitrogens with one attached hydrogen (secondary N) is 1. The fourth-order valence-corrected chi connectivity index (χ4v) is 2.80. The lowest BCUT2D eigenvalue weighted by Gasteiger charge is -2.17. The van der Waals surface area contributed by atoms with Crippen LogP contribution in [0.1, 0.15) is 17.5 Å². The van der Waals surface area contributed by atoms with Gasteiger partial charge in [0.25, 0.3) is 0 Å². The van der Waals surface area contributed by atoms with Crippen LogP contribution in [-0.2, 0) is 22.3 Å². The van der Waals surface area contributed by atoms with E-state index in [2.05, 4.69) is 10.3 Å². The Morgan fingerprint density at radius 2 is 1.81 bits per heavy atom. The number of aromatic nitrogens is 1. The minimum atomic E-state index is -4.43. The Hall–Kier alpha value is -2.90. The van der Waals surface area contributed by atoms with Crippen LogP contribution in [0.4, 0.5) is 18.9 Å². The first-order valence-electron chi connectivity index (χ1n) is 7.99. The highest BCUT2D eigenvalue weighted by atomic mass is 19.4. The van der Waals surface area contributed by atoms with Gasteiger partial charge < -0.3 is 10.2 Å². The summed E-state index contributed by atoms with van der Waals surface area (Å²) in [5.41, 5.74) is 0.462. The number of rotatable bonds is 4. The molecule has 0 bridgehead atoms. The summed E-state index contributed by atoms with van der Waals surface area (Å²) in [6, 6.07) is 7.90. The normalized spacial score (nSPS) is 17.4. The lowest BCUT2D eigenvalue weighted by Crippen LogP contribution is -2.32. The van der Waals surface area contributed by atoms with Crippen molar-refractivity contribution < 1.29 is 22.8 Å². The molecule has 26 heavy (non-hydrogen) atoms. The number of alkyl halides is 3. The maximum atomic E-state index is 12.6. The number of hydrogen-bond donors (Lipinski definition) is 1. The van der Waals surface area contributed by atoms with Gasteiger partial charge in [0.2, 0.25) is 11.8 Å². The second-order valence-corrected chi connectivity index (χ2v) is 6.02. The molecule has 1 atom stereocenters. The second-order valence-electron chi connectivity index (χ2n) is 6.02. The highest BCUT2D eigenvalue weighted by Crippen LogP contribution is 2.32. The van der Waals surface area contributed by atoms with E-state index in [1.165, 1.54) is 17.0 Å². The summed E-state index contributed by atoms with van der Waals surface area (Å²) < 4.78 is 37.9. The number of hydrogen-bond acceptors (Lipinski definition) is 3. The fourth-order valence-electron chi connectivity index (χ4n) is 2.80. The monoisotopic (exact) mass is 363 g/mol. The van der Waals surface area contributed by atoms with Crippen LogP contribution in [0, 0.1) is 5.92 Å². The summed E-state index contributed by atoms with van der Waals surface area (Å²) in [6.07, 6.45) is -1.16. The Bertz CT molecular complexity index is 792. The molecule has 1 aliphatic heterocycles. The van der Waals surface area contributed by atoms with E-state index in [-0.39, 0.29) is 24.8 Å². The lowest BCUT2D eigenvalue weighted by molar-refractivity contribution is -0.137. The minimum Gasteiger partial charge on any atom is -0.352 e. The molecule has 0 spiro atoms. The Labute approximate surface area is 147 Å². The van der Waals surface area contributed by atoms with Crippen molar-refractivity contribution in [3.8, 4) is 0 Å². The van der Waals surface area contributed by atoms with Crippen LogP contribution < -0.4 is 10.2 Å². The van der Waals surface area contributed by atoms with Crippen molar-refractivity contribution in [1.82, 2.24) is 10.3 Å². The number of benzene rings is 1. The molecule has 3 rings (SSSR count). The number of carbonyl (C=O) groups is 2. The zero-order valence-corrected chi connectivity index (χ0v) is 13.7. The number of carbonyl (C=O) groups excluding carboxylic acids is 2. The summed E-state index contributed by atoms with van der Waals surface area (Å²) in [5.74, 6) is -1.08. The maximum absolute atomic E-state index is 12.6. The van der Waals surface area contributed by atoms with Gasteiger partial charge in [0, 0.05) is 37.6 Å². The van der Waals surface area contributed by atoms with Gasteiger partial charge in [-0.15, -0.1) is 0 Å². The molecule has 1 aromatic carbocycles. The number of nitrogens with zero attached hydrogens (tertiary/aromatic N) is 2. The molecule has 2 aromatic rings. The Morgan fingerprint density at radius 3 is 2.42 bits per heavy atom. The topological polar surface area (TPSA) is 62.3 Å². The number of anilines is 1. The first kappa shape index (κ1) is 17.9. The molecule has 0 saturated carbocycles. The SMILES string of the molecule is O=C(NCc1ccncc1)C1CC(=O)N(c2ccc(C(F)(F)F)cc2)C1. The number of halogens is 3. The largest absolute Gasteiger partial charge is 0.416 e. The summed E-state index contributed by atoms with van der Waals surface area (Å²) in [4.78, 5) is 29.7. The van der Waals surface area contributed by atoms with Crippen molar-refractivity contribution in [2.75, 3.05) is 11.4 Å². The van der Waals surface area contributed by atoms with E-state index in [0.29, 0.717) is 12.2 Å². The van der Waals surface area contributed by atoms with Crippen molar-refractivity contribution in [3.63, 3.8) is 0 Å². The van der Waals surface area contributed by atoms with Crippen LogP contribution in [0.3, 0.4) is 0 Å². The summed E-state index contributed by atoms with van der Waals surface area (Å²) in [7, 11) is 0. The molecule has 5 nitrogen and oxygen atoms in total. The van der Waals surface area contributed by atoms with Crippen molar-refractivity contribution in [2.45, 2.75) is 19.1 Å². The molecule has 0 aliphatic carbocycles. The molecule has 136 valence electrons.